The number of aromatic amines is 1. The van der Waals surface area contributed by atoms with E-state index in [9.17, 15) is 32.0 Å². The molecule has 43 heavy (non-hydrogen) atoms. The second kappa shape index (κ2) is 11.1. The molecule has 0 spiro atoms. The number of fused-ring (bicyclic) bond motifs is 2. The lowest BCUT2D eigenvalue weighted by molar-refractivity contribution is -0.122. The Bertz CT molecular complexity index is 1910. The average molecular weight is 641 g/mol. The van der Waals surface area contributed by atoms with Crippen LogP contribution < -0.4 is 25.0 Å². The summed E-state index contributed by atoms with van der Waals surface area (Å²) in [5, 5.41) is 7.41. The normalized spacial score (nSPS) is 19.6. The molecule has 0 saturated carbocycles. The van der Waals surface area contributed by atoms with E-state index < -0.39 is 50.6 Å². The Kier molecular flexibility index (Phi) is 7.41. The first-order chi connectivity index (χ1) is 20.5. The van der Waals surface area contributed by atoms with E-state index in [1.165, 1.54) is 48.5 Å². The van der Waals surface area contributed by atoms with Crippen molar-refractivity contribution in [2.45, 2.75) is 21.1 Å². The first kappa shape index (κ1) is 28.8. The summed E-state index contributed by atoms with van der Waals surface area (Å²) in [5.74, 6) is -2.93. The maximum Gasteiger partial charge on any atom is 0.305 e. The molecule has 1 aromatic heterocycles. The van der Waals surface area contributed by atoms with Crippen LogP contribution >= 0.6 is 23.1 Å². The van der Waals surface area contributed by atoms with E-state index in [0.717, 1.165) is 28.0 Å². The largest absolute Gasteiger partial charge is 0.484 e. The molecule has 1 fully saturated rings. The number of rotatable bonds is 7. The summed E-state index contributed by atoms with van der Waals surface area (Å²) in [7, 11) is -3.85. The minimum absolute atomic E-state index is 0.0874. The first-order valence-corrected chi connectivity index (χ1v) is 15.9. The van der Waals surface area contributed by atoms with E-state index in [-0.39, 0.29) is 22.1 Å². The predicted molar refractivity (Wildman–Crippen MR) is 157 cm³/mol. The van der Waals surface area contributed by atoms with Crippen LogP contribution in [-0.2, 0) is 24.4 Å². The van der Waals surface area contributed by atoms with Gasteiger partial charge in [-0.2, -0.15) is 0 Å². The van der Waals surface area contributed by atoms with Gasteiger partial charge in [-0.25, -0.2) is 22.8 Å². The molecule has 0 radical (unpaired) electrons. The Morgan fingerprint density at radius 3 is 2.30 bits per heavy atom. The third-order valence-electron chi connectivity index (χ3n) is 6.98. The molecule has 3 aromatic carbocycles. The zero-order valence-electron chi connectivity index (χ0n) is 21.9. The standard InChI is InChI=1S/C28H21FN4O7S3/c29-15-3-7-17(8-4-15)33-26(35)22-21(23-25(32-28(37)42-23)41-24(22)27(33)36)14-1-9-18(10-2-14)40-13-20(34)31-16-5-11-19(12-6-16)43(30,38)39/h1-12,21-22,24H,13H2,(H,31,34)(H,32,37)(H2,30,38,39)/t21-,22?,24?/m1/s1. The minimum Gasteiger partial charge on any atom is -0.484 e. The van der Waals surface area contributed by atoms with Crippen molar-refractivity contribution < 1.29 is 31.9 Å². The second-order valence-corrected chi connectivity index (χ2v) is 13.4. The van der Waals surface area contributed by atoms with Crippen molar-refractivity contribution in [3.63, 3.8) is 0 Å². The zero-order chi connectivity index (χ0) is 30.5. The molecular formula is C28H21FN4O7S3. The molecule has 2 aliphatic heterocycles. The van der Waals surface area contributed by atoms with E-state index in [1.807, 2.05) is 0 Å². The number of anilines is 2. The van der Waals surface area contributed by atoms with Crippen LogP contribution in [0.3, 0.4) is 0 Å². The molecule has 4 N–H and O–H groups in total. The van der Waals surface area contributed by atoms with E-state index in [2.05, 4.69) is 10.3 Å². The van der Waals surface area contributed by atoms with Crippen LogP contribution in [0, 0.1) is 11.7 Å². The van der Waals surface area contributed by atoms with Gasteiger partial charge in [-0.15, -0.1) is 0 Å². The van der Waals surface area contributed by atoms with Gasteiger partial charge in [-0.05, 0) is 66.2 Å². The molecular weight excluding hydrogens is 620 g/mol. The molecule has 0 aliphatic carbocycles. The van der Waals surface area contributed by atoms with Crippen LogP contribution in [0.5, 0.6) is 5.75 Å². The number of benzene rings is 3. The van der Waals surface area contributed by atoms with Gasteiger partial charge in [0.15, 0.2) is 6.61 Å². The third kappa shape index (κ3) is 5.59. The Labute approximate surface area is 251 Å². The highest BCUT2D eigenvalue weighted by Gasteiger charge is 2.56. The van der Waals surface area contributed by atoms with Crippen LogP contribution in [0.15, 0.2) is 87.5 Å². The van der Waals surface area contributed by atoms with Crippen molar-refractivity contribution in [2.24, 2.45) is 11.1 Å². The van der Waals surface area contributed by atoms with Crippen molar-refractivity contribution in [2.75, 3.05) is 16.8 Å². The zero-order valence-corrected chi connectivity index (χ0v) is 24.3. The predicted octanol–water partition coefficient (Wildman–Crippen LogP) is 3.04. The van der Waals surface area contributed by atoms with Crippen LogP contribution in [0.4, 0.5) is 15.8 Å². The molecule has 1 saturated heterocycles. The number of primary sulfonamides is 1. The molecule has 11 nitrogen and oxygen atoms in total. The second-order valence-electron chi connectivity index (χ2n) is 9.71. The molecule has 3 amide bonds. The van der Waals surface area contributed by atoms with Crippen molar-refractivity contribution >= 4 is 62.2 Å². The number of carbonyl (C=O) groups excluding carboxylic acids is 3. The van der Waals surface area contributed by atoms with Gasteiger partial charge in [0.05, 0.1) is 21.5 Å². The van der Waals surface area contributed by atoms with Gasteiger partial charge in [0.1, 0.15) is 16.8 Å². The van der Waals surface area contributed by atoms with E-state index in [0.29, 0.717) is 26.9 Å². The molecule has 2 aliphatic rings. The lowest BCUT2D eigenvalue weighted by Crippen LogP contribution is -2.32. The maximum atomic E-state index is 13.7. The van der Waals surface area contributed by atoms with Gasteiger partial charge < -0.3 is 15.0 Å². The van der Waals surface area contributed by atoms with Gasteiger partial charge >= 0.3 is 4.87 Å². The number of nitrogens with one attached hydrogen (secondary N) is 2. The van der Waals surface area contributed by atoms with Crippen molar-refractivity contribution in [3.05, 3.63) is 98.7 Å². The number of carbonyl (C=O) groups is 3. The van der Waals surface area contributed by atoms with Crippen molar-refractivity contribution in [1.29, 1.82) is 0 Å². The monoisotopic (exact) mass is 640 g/mol. The molecule has 0 bridgehead atoms. The van der Waals surface area contributed by atoms with Gasteiger partial charge in [0.25, 0.3) is 5.91 Å². The van der Waals surface area contributed by atoms with Crippen molar-refractivity contribution in [1.82, 2.24) is 4.98 Å². The Hall–Kier alpha value is -4.31. The number of hydrogen-bond acceptors (Lipinski definition) is 9. The fraction of sp³-hybridized carbons (Fsp3) is 0.143. The van der Waals surface area contributed by atoms with Crippen molar-refractivity contribution in [3.8, 4) is 5.75 Å². The number of thiazole rings is 1. The SMILES string of the molecule is NS(=O)(=O)c1ccc(NC(=O)COc2ccc([C@H]3c4sc(=O)[nH]c4SC4C(=O)N(c5ccc(F)cc5)C(=O)C43)cc2)cc1. The topological polar surface area (TPSA) is 169 Å². The van der Waals surface area contributed by atoms with E-state index in [4.69, 9.17) is 9.88 Å². The fourth-order valence-electron chi connectivity index (χ4n) is 5.07. The highest BCUT2D eigenvalue weighted by atomic mass is 32.2. The Morgan fingerprint density at radius 2 is 1.65 bits per heavy atom. The summed E-state index contributed by atoms with van der Waals surface area (Å²) < 4.78 is 41.9. The summed E-state index contributed by atoms with van der Waals surface area (Å²) >= 11 is 2.12. The summed E-state index contributed by atoms with van der Waals surface area (Å²) in [6.07, 6.45) is 0. The number of halogens is 1. The fourth-order valence-corrected chi connectivity index (χ4v) is 8.10. The highest BCUT2D eigenvalue weighted by Crippen LogP contribution is 2.53. The number of amides is 3. The molecule has 220 valence electrons. The molecule has 3 atom stereocenters. The smallest absolute Gasteiger partial charge is 0.305 e. The average Bonchev–Trinajstić information content (AvgIpc) is 3.46. The van der Waals surface area contributed by atoms with Crippen LogP contribution in [0.25, 0.3) is 0 Å². The number of imide groups is 1. The molecule has 3 heterocycles. The molecule has 6 rings (SSSR count). The Balaban J connectivity index is 1.20. The minimum atomic E-state index is -3.85. The number of aromatic nitrogens is 1. The molecule has 15 heteroatoms. The lowest BCUT2D eigenvalue weighted by Gasteiger charge is -2.29. The number of thioether (sulfide) groups is 1. The number of H-pyrrole nitrogens is 1. The van der Waals surface area contributed by atoms with Gasteiger partial charge in [0, 0.05) is 16.5 Å². The number of hydrogen-bond donors (Lipinski definition) is 3. The van der Waals surface area contributed by atoms with E-state index >= 15 is 0 Å². The molecule has 4 aromatic rings. The summed E-state index contributed by atoms with van der Waals surface area (Å²) in [6, 6.07) is 17.1. The maximum absolute atomic E-state index is 13.7. The first-order valence-electron chi connectivity index (χ1n) is 12.7. The summed E-state index contributed by atoms with van der Waals surface area (Å²) in [4.78, 5) is 55.9. The summed E-state index contributed by atoms with van der Waals surface area (Å²) in [5.41, 5.74) is 1.29. The lowest BCUT2D eigenvalue weighted by atomic mass is 9.83. The van der Waals surface area contributed by atoms with Gasteiger partial charge in [-0.1, -0.05) is 35.2 Å². The third-order valence-corrected chi connectivity index (χ3v) is 10.3. The Morgan fingerprint density at radius 1 is 0.977 bits per heavy atom. The quantitative estimate of drug-likeness (QED) is 0.259. The van der Waals surface area contributed by atoms with Gasteiger partial charge in [-0.3, -0.25) is 19.2 Å². The molecule has 2 unspecified atom stereocenters. The van der Waals surface area contributed by atoms with Gasteiger partial charge in [0.2, 0.25) is 21.8 Å². The number of nitrogens with zero attached hydrogens (tertiary/aromatic N) is 1. The number of ether oxygens (including phenoxy) is 1. The number of sulfonamides is 1. The number of nitrogens with two attached hydrogens (primary N) is 1. The van der Waals surface area contributed by atoms with E-state index in [1.54, 1.807) is 24.3 Å². The van der Waals surface area contributed by atoms with Crippen LogP contribution in [0.2, 0.25) is 0 Å². The van der Waals surface area contributed by atoms with Crippen LogP contribution in [0.1, 0.15) is 16.4 Å². The summed E-state index contributed by atoms with van der Waals surface area (Å²) in [6.45, 7) is -0.343. The van der Waals surface area contributed by atoms with Crippen LogP contribution in [-0.4, -0.2) is 43.0 Å². The highest BCUT2D eigenvalue weighted by molar-refractivity contribution is 8.00.